The standard InChI is InChI=1S/C21H37F2IO2/c1-2-3-4-5-6-9-12-16-21(22,23)17-14-19-26-20(25)15-11-8-7-10-13-18-24/h14,17H,2-13,15-16,18-19H2,1H3/b17-14-. The van der Waals surface area contributed by atoms with Gasteiger partial charge in [0.15, 0.2) is 0 Å². The van der Waals surface area contributed by atoms with Crippen LogP contribution in [-0.4, -0.2) is 22.9 Å². The molecule has 0 aromatic rings. The van der Waals surface area contributed by atoms with Crippen LogP contribution in [0.5, 0.6) is 0 Å². The van der Waals surface area contributed by atoms with Crippen molar-refractivity contribution in [1.29, 1.82) is 0 Å². The normalized spacial score (nSPS) is 12.0. The molecule has 0 aliphatic carbocycles. The summed E-state index contributed by atoms with van der Waals surface area (Å²) in [5.74, 6) is -3.09. The number of rotatable bonds is 18. The van der Waals surface area contributed by atoms with Crippen LogP contribution in [0, 0.1) is 0 Å². The van der Waals surface area contributed by atoms with Gasteiger partial charge in [0.05, 0.1) is 0 Å². The SMILES string of the molecule is CCCCCCCCCC(F)(F)/C=C\COC(=O)CCCCCCCI. The molecule has 0 amide bonds. The van der Waals surface area contributed by atoms with Gasteiger partial charge in [-0.1, -0.05) is 87.3 Å². The van der Waals surface area contributed by atoms with E-state index in [2.05, 4.69) is 29.5 Å². The molecule has 0 aromatic carbocycles. The van der Waals surface area contributed by atoms with E-state index in [1.54, 1.807) is 0 Å². The van der Waals surface area contributed by atoms with E-state index in [0.717, 1.165) is 44.6 Å². The Morgan fingerprint density at radius 1 is 0.923 bits per heavy atom. The predicted molar refractivity (Wildman–Crippen MR) is 114 cm³/mol. The van der Waals surface area contributed by atoms with Crippen LogP contribution >= 0.6 is 22.6 Å². The highest BCUT2D eigenvalue weighted by Crippen LogP contribution is 2.23. The maximum Gasteiger partial charge on any atom is 0.306 e. The van der Waals surface area contributed by atoms with E-state index in [1.165, 1.54) is 42.6 Å². The molecule has 0 spiro atoms. The highest BCUT2D eigenvalue weighted by molar-refractivity contribution is 14.1. The van der Waals surface area contributed by atoms with Gasteiger partial charge in [-0.3, -0.25) is 4.79 Å². The summed E-state index contributed by atoms with van der Waals surface area (Å²) in [6, 6.07) is 0. The summed E-state index contributed by atoms with van der Waals surface area (Å²) >= 11 is 2.36. The van der Waals surface area contributed by atoms with Crippen LogP contribution in [-0.2, 0) is 9.53 Å². The fourth-order valence-electron chi connectivity index (χ4n) is 2.73. The molecule has 0 fully saturated rings. The third kappa shape index (κ3) is 18.6. The maximum absolute atomic E-state index is 13.7. The lowest BCUT2D eigenvalue weighted by Gasteiger charge is -2.11. The van der Waals surface area contributed by atoms with Crippen molar-refractivity contribution < 1.29 is 18.3 Å². The van der Waals surface area contributed by atoms with Gasteiger partial charge in [0, 0.05) is 12.8 Å². The van der Waals surface area contributed by atoms with Crippen molar-refractivity contribution in [3.05, 3.63) is 12.2 Å². The second-order valence-electron chi connectivity index (χ2n) is 6.92. The van der Waals surface area contributed by atoms with E-state index in [1.807, 2.05) is 0 Å². The molecule has 0 aromatic heterocycles. The minimum absolute atomic E-state index is 0.0553. The van der Waals surface area contributed by atoms with Crippen LogP contribution < -0.4 is 0 Å². The number of hydrogen-bond donors (Lipinski definition) is 0. The Kier molecular flexibility index (Phi) is 18.0. The van der Waals surface area contributed by atoms with Gasteiger partial charge < -0.3 is 4.74 Å². The number of allylic oxidation sites excluding steroid dienone is 1. The van der Waals surface area contributed by atoms with Crippen LogP contribution in [0.3, 0.4) is 0 Å². The van der Waals surface area contributed by atoms with Crippen molar-refractivity contribution >= 4 is 28.6 Å². The third-order valence-electron chi connectivity index (χ3n) is 4.33. The Balaban J connectivity index is 3.62. The fourth-order valence-corrected chi connectivity index (χ4v) is 3.27. The molecule has 2 nitrogen and oxygen atoms in total. The highest BCUT2D eigenvalue weighted by Gasteiger charge is 2.23. The zero-order chi connectivity index (χ0) is 19.5. The monoisotopic (exact) mass is 486 g/mol. The topological polar surface area (TPSA) is 26.3 Å². The van der Waals surface area contributed by atoms with Crippen molar-refractivity contribution in [2.24, 2.45) is 0 Å². The summed E-state index contributed by atoms with van der Waals surface area (Å²) in [7, 11) is 0. The van der Waals surface area contributed by atoms with E-state index < -0.39 is 5.92 Å². The molecule has 0 bridgehead atoms. The van der Waals surface area contributed by atoms with E-state index in [9.17, 15) is 13.6 Å². The van der Waals surface area contributed by atoms with Crippen molar-refractivity contribution in [1.82, 2.24) is 0 Å². The molecule has 0 heterocycles. The third-order valence-corrected chi connectivity index (χ3v) is 5.09. The molecule has 154 valence electrons. The van der Waals surface area contributed by atoms with E-state index >= 15 is 0 Å². The number of alkyl halides is 3. The zero-order valence-corrected chi connectivity index (χ0v) is 18.6. The quantitative estimate of drug-likeness (QED) is 0.0655. The van der Waals surface area contributed by atoms with Crippen LogP contribution in [0.2, 0.25) is 0 Å². The maximum atomic E-state index is 13.7. The number of esters is 1. The second kappa shape index (κ2) is 18.2. The summed E-state index contributed by atoms with van der Waals surface area (Å²) < 4.78 is 33.6. The first-order valence-electron chi connectivity index (χ1n) is 10.3. The first-order valence-corrected chi connectivity index (χ1v) is 11.8. The molecule has 0 aliphatic rings. The number of carbonyl (C=O) groups is 1. The fraction of sp³-hybridized carbons (Fsp3) is 0.857. The largest absolute Gasteiger partial charge is 0.461 e. The summed E-state index contributed by atoms with van der Waals surface area (Å²) in [6.45, 7) is 2.11. The minimum atomic E-state index is -2.80. The Hall–Kier alpha value is -0.200. The lowest BCUT2D eigenvalue weighted by Crippen LogP contribution is -2.12. The number of carbonyl (C=O) groups excluding carboxylic acids is 1. The number of hydrogen-bond acceptors (Lipinski definition) is 2. The summed E-state index contributed by atoms with van der Waals surface area (Å²) in [4.78, 5) is 11.5. The predicted octanol–water partition coefficient (Wildman–Crippen LogP) is 7.64. The lowest BCUT2D eigenvalue weighted by molar-refractivity contribution is -0.142. The van der Waals surface area contributed by atoms with Gasteiger partial charge in [-0.25, -0.2) is 8.78 Å². The molecule has 0 unspecified atom stereocenters. The minimum Gasteiger partial charge on any atom is -0.461 e. The lowest BCUT2D eigenvalue weighted by atomic mass is 10.1. The summed E-state index contributed by atoms with van der Waals surface area (Å²) in [5, 5.41) is 0. The van der Waals surface area contributed by atoms with Crippen molar-refractivity contribution in [3.8, 4) is 0 Å². The Morgan fingerprint density at radius 3 is 2.15 bits per heavy atom. The van der Waals surface area contributed by atoms with Crippen molar-refractivity contribution in [2.45, 2.75) is 103 Å². The van der Waals surface area contributed by atoms with Crippen LogP contribution in [0.4, 0.5) is 8.78 Å². The highest BCUT2D eigenvalue weighted by atomic mass is 127. The van der Waals surface area contributed by atoms with Gasteiger partial charge in [0.25, 0.3) is 5.92 Å². The van der Waals surface area contributed by atoms with Crippen LogP contribution in [0.1, 0.15) is 96.8 Å². The molecular weight excluding hydrogens is 449 g/mol. The first kappa shape index (κ1) is 25.8. The van der Waals surface area contributed by atoms with Gasteiger partial charge in [-0.15, -0.1) is 0 Å². The van der Waals surface area contributed by atoms with E-state index in [0.29, 0.717) is 12.8 Å². The van der Waals surface area contributed by atoms with Crippen molar-refractivity contribution in [3.63, 3.8) is 0 Å². The van der Waals surface area contributed by atoms with E-state index in [-0.39, 0.29) is 19.0 Å². The Bertz CT molecular complexity index is 360. The summed E-state index contributed by atoms with van der Waals surface area (Å²) in [5.41, 5.74) is 0. The molecule has 0 radical (unpaired) electrons. The molecule has 0 saturated heterocycles. The Morgan fingerprint density at radius 2 is 1.50 bits per heavy atom. The second-order valence-corrected chi connectivity index (χ2v) is 8.00. The van der Waals surface area contributed by atoms with Gasteiger partial charge in [0.2, 0.25) is 0 Å². The van der Waals surface area contributed by atoms with Gasteiger partial charge >= 0.3 is 5.97 Å². The van der Waals surface area contributed by atoms with Gasteiger partial charge in [-0.05, 0) is 35.8 Å². The Labute approximate surface area is 172 Å². The number of ether oxygens (including phenoxy) is 1. The molecule has 26 heavy (non-hydrogen) atoms. The average Bonchev–Trinajstić information content (AvgIpc) is 2.61. The first-order chi connectivity index (χ1) is 12.5. The molecule has 0 aliphatic heterocycles. The molecule has 0 rings (SSSR count). The van der Waals surface area contributed by atoms with Crippen molar-refractivity contribution in [2.75, 3.05) is 11.0 Å². The molecule has 0 N–H and O–H groups in total. The number of unbranched alkanes of at least 4 members (excludes halogenated alkanes) is 10. The van der Waals surface area contributed by atoms with E-state index in [4.69, 9.17) is 4.74 Å². The summed E-state index contributed by atoms with van der Waals surface area (Å²) in [6.07, 6.45) is 15.1. The molecule has 0 atom stereocenters. The van der Waals surface area contributed by atoms with Gasteiger partial charge in [0.1, 0.15) is 6.61 Å². The zero-order valence-electron chi connectivity index (χ0n) is 16.4. The van der Waals surface area contributed by atoms with Gasteiger partial charge in [-0.2, -0.15) is 0 Å². The molecule has 5 heteroatoms. The molecule has 0 saturated carbocycles. The smallest absolute Gasteiger partial charge is 0.306 e. The average molecular weight is 486 g/mol. The number of halogens is 3. The molecular formula is C21H37F2IO2. The van der Waals surface area contributed by atoms with Crippen LogP contribution in [0.15, 0.2) is 12.2 Å². The van der Waals surface area contributed by atoms with Crippen LogP contribution in [0.25, 0.3) is 0 Å².